The molecule has 0 unspecified atom stereocenters. The summed E-state index contributed by atoms with van der Waals surface area (Å²) < 4.78 is 0. The van der Waals surface area contributed by atoms with Crippen LogP contribution in [-0.4, -0.2) is 22.3 Å². The Balaban J connectivity index is 0.000000531. The largest absolute Gasteiger partial charge is 0.334 e. The first-order chi connectivity index (χ1) is 7.24. The third-order valence-corrected chi connectivity index (χ3v) is 2.46. The second-order valence-electron chi connectivity index (χ2n) is 3.31. The minimum Gasteiger partial charge on any atom is -0.334 e. The van der Waals surface area contributed by atoms with E-state index in [0.717, 1.165) is 29.8 Å². The van der Waals surface area contributed by atoms with Gasteiger partial charge in [0.25, 0.3) is 5.91 Å². The molecule has 0 aliphatic carbocycles. The summed E-state index contributed by atoms with van der Waals surface area (Å²) in [5.74, 6) is 0.150. The molecule has 0 N–H and O–H groups in total. The summed E-state index contributed by atoms with van der Waals surface area (Å²) in [6.45, 7) is 11.4. The molecule has 0 saturated carbocycles. The molecule has 80 valence electrons. The monoisotopic (exact) mass is 204 g/mol. The normalized spacial score (nSPS) is 13.2. The Bertz CT molecular complexity index is 374. The molecule has 1 aromatic rings. The predicted octanol–water partition coefficient (Wildman–Crippen LogP) is 2.17. The van der Waals surface area contributed by atoms with E-state index < -0.39 is 0 Å². The number of aryl methyl sites for hydroxylation is 1. The van der Waals surface area contributed by atoms with E-state index in [9.17, 15) is 4.79 Å². The van der Waals surface area contributed by atoms with Crippen molar-refractivity contribution in [1.82, 2.24) is 9.88 Å². The molecule has 0 bridgehead atoms. The summed E-state index contributed by atoms with van der Waals surface area (Å²) >= 11 is 0. The molecule has 1 aliphatic heterocycles. The smallest absolute Gasteiger partial charge is 0.254 e. The van der Waals surface area contributed by atoms with Crippen molar-refractivity contribution in [3.63, 3.8) is 0 Å². The number of nitrogens with zero attached hydrogens (tertiary/aromatic N) is 2. The lowest BCUT2D eigenvalue weighted by Crippen LogP contribution is -2.23. The maximum Gasteiger partial charge on any atom is 0.254 e. The van der Waals surface area contributed by atoms with Gasteiger partial charge in [0.1, 0.15) is 0 Å². The van der Waals surface area contributed by atoms with Crippen LogP contribution in [0.1, 0.15) is 28.4 Å². The zero-order valence-electron chi connectivity index (χ0n) is 9.29. The standard InChI is InChI=1S/C10H12N2O.C2H4/c1-3-12-6-8-5-11-4-7(2)9(8)10(12)13;1-2/h4-5H,3,6H2,1-2H3;1-2H2. The molecule has 2 rings (SSSR count). The number of fused-ring (bicyclic) bond motifs is 1. The maximum absolute atomic E-state index is 11.7. The van der Waals surface area contributed by atoms with Gasteiger partial charge in [0.2, 0.25) is 0 Å². The number of hydrogen-bond acceptors (Lipinski definition) is 2. The highest BCUT2D eigenvalue weighted by Crippen LogP contribution is 2.23. The van der Waals surface area contributed by atoms with Crippen LogP contribution in [0, 0.1) is 6.92 Å². The Hall–Kier alpha value is -1.64. The highest BCUT2D eigenvalue weighted by atomic mass is 16.2. The fourth-order valence-corrected chi connectivity index (χ4v) is 1.74. The van der Waals surface area contributed by atoms with Crippen LogP contribution in [-0.2, 0) is 6.54 Å². The van der Waals surface area contributed by atoms with Gasteiger partial charge in [-0.05, 0) is 19.4 Å². The molecule has 0 aromatic carbocycles. The van der Waals surface area contributed by atoms with Crippen molar-refractivity contribution in [3.8, 4) is 0 Å². The number of hydrogen-bond donors (Lipinski definition) is 0. The van der Waals surface area contributed by atoms with E-state index in [1.54, 1.807) is 12.4 Å². The predicted molar refractivity (Wildman–Crippen MR) is 60.6 cm³/mol. The minimum absolute atomic E-state index is 0.150. The molecule has 15 heavy (non-hydrogen) atoms. The molecule has 0 saturated heterocycles. The SMILES string of the molecule is C=C.CCN1Cc2cncc(C)c2C1=O. The van der Waals surface area contributed by atoms with Gasteiger partial charge in [-0.15, -0.1) is 13.2 Å². The number of pyridine rings is 1. The molecule has 1 amide bonds. The van der Waals surface area contributed by atoms with Crippen molar-refractivity contribution in [2.24, 2.45) is 0 Å². The van der Waals surface area contributed by atoms with Crippen LogP contribution >= 0.6 is 0 Å². The Morgan fingerprint density at radius 3 is 2.67 bits per heavy atom. The summed E-state index contributed by atoms with van der Waals surface area (Å²) in [7, 11) is 0. The first-order valence-electron chi connectivity index (χ1n) is 4.96. The molecule has 3 heteroatoms. The van der Waals surface area contributed by atoms with E-state index in [4.69, 9.17) is 0 Å². The van der Waals surface area contributed by atoms with Crippen LogP contribution in [0.4, 0.5) is 0 Å². The van der Waals surface area contributed by atoms with Gasteiger partial charge in [-0.1, -0.05) is 0 Å². The Morgan fingerprint density at radius 1 is 1.47 bits per heavy atom. The van der Waals surface area contributed by atoms with E-state index in [1.807, 2.05) is 18.7 Å². The van der Waals surface area contributed by atoms with E-state index in [-0.39, 0.29) is 5.91 Å². The summed E-state index contributed by atoms with van der Waals surface area (Å²) in [6.07, 6.45) is 3.53. The number of carbonyl (C=O) groups is 1. The van der Waals surface area contributed by atoms with Gasteiger partial charge in [-0.25, -0.2) is 0 Å². The van der Waals surface area contributed by atoms with Gasteiger partial charge in [0, 0.05) is 31.0 Å². The van der Waals surface area contributed by atoms with Crippen molar-refractivity contribution in [1.29, 1.82) is 0 Å². The Labute approximate surface area is 90.4 Å². The van der Waals surface area contributed by atoms with Gasteiger partial charge < -0.3 is 4.90 Å². The van der Waals surface area contributed by atoms with Gasteiger partial charge in [0.05, 0.1) is 5.56 Å². The molecule has 1 aliphatic rings. The average Bonchev–Trinajstić information content (AvgIpc) is 2.60. The topological polar surface area (TPSA) is 33.2 Å². The average molecular weight is 204 g/mol. The lowest BCUT2D eigenvalue weighted by Gasteiger charge is -2.11. The van der Waals surface area contributed by atoms with Crippen molar-refractivity contribution in [3.05, 3.63) is 42.2 Å². The first-order valence-corrected chi connectivity index (χ1v) is 4.96. The zero-order valence-corrected chi connectivity index (χ0v) is 9.29. The first kappa shape index (κ1) is 11.4. The van der Waals surface area contributed by atoms with Crippen molar-refractivity contribution < 1.29 is 4.79 Å². The third kappa shape index (κ3) is 1.91. The van der Waals surface area contributed by atoms with Gasteiger partial charge >= 0.3 is 0 Å². The third-order valence-electron chi connectivity index (χ3n) is 2.46. The van der Waals surface area contributed by atoms with Gasteiger partial charge in [-0.3, -0.25) is 9.78 Å². The van der Waals surface area contributed by atoms with Crippen molar-refractivity contribution in [2.75, 3.05) is 6.54 Å². The van der Waals surface area contributed by atoms with Crippen molar-refractivity contribution in [2.45, 2.75) is 20.4 Å². The molecular formula is C12H16N2O. The van der Waals surface area contributed by atoms with Crippen LogP contribution in [0.15, 0.2) is 25.6 Å². The molecule has 0 spiro atoms. The molecule has 2 heterocycles. The molecule has 0 atom stereocenters. The van der Waals surface area contributed by atoms with Crippen LogP contribution in [0.3, 0.4) is 0 Å². The summed E-state index contributed by atoms with van der Waals surface area (Å²) in [6, 6.07) is 0. The van der Waals surface area contributed by atoms with Crippen LogP contribution in [0.5, 0.6) is 0 Å². The lowest BCUT2D eigenvalue weighted by atomic mass is 10.1. The molecule has 0 radical (unpaired) electrons. The number of amides is 1. The molecule has 0 fully saturated rings. The molecule has 1 aromatic heterocycles. The fourth-order valence-electron chi connectivity index (χ4n) is 1.74. The van der Waals surface area contributed by atoms with E-state index in [2.05, 4.69) is 18.1 Å². The molecular weight excluding hydrogens is 188 g/mol. The van der Waals surface area contributed by atoms with E-state index in [1.165, 1.54) is 0 Å². The highest BCUT2D eigenvalue weighted by Gasteiger charge is 2.27. The second kappa shape index (κ2) is 4.73. The summed E-state index contributed by atoms with van der Waals surface area (Å²) in [5.41, 5.74) is 2.90. The quantitative estimate of drug-likeness (QED) is 0.657. The number of aromatic nitrogens is 1. The second-order valence-corrected chi connectivity index (χ2v) is 3.31. The zero-order chi connectivity index (χ0) is 11.4. The number of rotatable bonds is 1. The van der Waals surface area contributed by atoms with Crippen LogP contribution < -0.4 is 0 Å². The Morgan fingerprint density at radius 2 is 2.13 bits per heavy atom. The fraction of sp³-hybridized carbons (Fsp3) is 0.333. The lowest BCUT2D eigenvalue weighted by molar-refractivity contribution is 0.0786. The Kier molecular flexibility index (Phi) is 3.61. The van der Waals surface area contributed by atoms with E-state index >= 15 is 0 Å². The summed E-state index contributed by atoms with van der Waals surface area (Å²) in [5, 5.41) is 0. The van der Waals surface area contributed by atoms with Gasteiger partial charge in [0.15, 0.2) is 0 Å². The molecule has 3 nitrogen and oxygen atoms in total. The number of carbonyl (C=O) groups excluding carboxylic acids is 1. The van der Waals surface area contributed by atoms with Crippen LogP contribution in [0.25, 0.3) is 0 Å². The van der Waals surface area contributed by atoms with Gasteiger partial charge in [-0.2, -0.15) is 0 Å². The summed E-state index contributed by atoms with van der Waals surface area (Å²) in [4.78, 5) is 17.7. The van der Waals surface area contributed by atoms with Crippen molar-refractivity contribution >= 4 is 5.91 Å². The maximum atomic E-state index is 11.7. The van der Waals surface area contributed by atoms with E-state index in [0.29, 0.717) is 0 Å². The minimum atomic E-state index is 0.150. The van der Waals surface area contributed by atoms with Crippen LogP contribution in [0.2, 0.25) is 0 Å². The highest BCUT2D eigenvalue weighted by molar-refractivity contribution is 5.99.